The van der Waals surface area contributed by atoms with Crippen molar-refractivity contribution in [2.75, 3.05) is 13.1 Å². The zero-order chi connectivity index (χ0) is 17.6. The van der Waals surface area contributed by atoms with E-state index in [-0.39, 0.29) is 18.1 Å². The average Bonchev–Trinajstić information content (AvgIpc) is 3.22. The predicted molar refractivity (Wildman–Crippen MR) is 96.8 cm³/mol. The van der Waals surface area contributed by atoms with Crippen molar-refractivity contribution in [3.05, 3.63) is 34.9 Å². The van der Waals surface area contributed by atoms with Gasteiger partial charge >= 0.3 is 6.09 Å². The lowest BCUT2D eigenvalue weighted by atomic mass is 9.83. The van der Waals surface area contributed by atoms with Gasteiger partial charge in [0.1, 0.15) is 5.60 Å². The fraction of sp³-hybridized carbons (Fsp3) is 0.667. The first-order valence-corrected chi connectivity index (χ1v) is 9.63. The van der Waals surface area contributed by atoms with E-state index in [9.17, 15) is 4.79 Å². The molecule has 1 aromatic rings. The van der Waals surface area contributed by atoms with Crippen LogP contribution in [-0.4, -0.2) is 35.8 Å². The molecule has 4 heteroatoms. The van der Waals surface area contributed by atoms with Gasteiger partial charge in [0.05, 0.1) is 19.3 Å². The summed E-state index contributed by atoms with van der Waals surface area (Å²) in [6.07, 6.45) is 5.16. The fourth-order valence-corrected chi connectivity index (χ4v) is 4.66. The number of carbonyl (C=O) groups excluding carboxylic acids is 1. The van der Waals surface area contributed by atoms with Gasteiger partial charge in [0, 0.05) is 12.5 Å². The van der Waals surface area contributed by atoms with Crippen LogP contribution in [0.25, 0.3) is 0 Å². The Bertz CT molecular complexity index is 658. The summed E-state index contributed by atoms with van der Waals surface area (Å²) in [5.41, 5.74) is 3.82. The van der Waals surface area contributed by atoms with Gasteiger partial charge in [-0.3, -0.25) is 0 Å². The number of amides is 1. The molecular weight excluding hydrogens is 314 g/mol. The molecule has 2 atom stereocenters. The number of hydrogen-bond acceptors (Lipinski definition) is 3. The van der Waals surface area contributed by atoms with Crippen LogP contribution in [0.1, 0.15) is 75.0 Å². The number of rotatable bonds is 1. The van der Waals surface area contributed by atoms with Crippen LogP contribution >= 0.6 is 0 Å². The summed E-state index contributed by atoms with van der Waals surface area (Å²) in [5, 5.41) is 0. The molecule has 0 aromatic heterocycles. The highest BCUT2D eigenvalue weighted by Crippen LogP contribution is 2.43. The lowest BCUT2D eigenvalue weighted by Crippen LogP contribution is -2.36. The van der Waals surface area contributed by atoms with Gasteiger partial charge in [-0.15, -0.1) is 0 Å². The van der Waals surface area contributed by atoms with Crippen molar-refractivity contribution in [2.45, 2.75) is 76.6 Å². The fourth-order valence-electron chi connectivity index (χ4n) is 4.66. The second-order valence-electron chi connectivity index (χ2n) is 8.74. The van der Waals surface area contributed by atoms with E-state index in [0.29, 0.717) is 25.6 Å². The molecule has 1 amide bonds. The van der Waals surface area contributed by atoms with Crippen LogP contribution in [-0.2, 0) is 16.1 Å². The highest BCUT2D eigenvalue weighted by Gasteiger charge is 2.42. The highest BCUT2D eigenvalue weighted by molar-refractivity contribution is 5.69. The first-order valence-electron chi connectivity index (χ1n) is 9.63. The Morgan fingerprint density at radius 2 is 1.88 bits per heavy atom. The number of hydrogen-bond donors (Lipinski definition) is 0. The molecule has 0 radical (unpaired) electrons. The van der Waals surface area contributed by atoms with Crippen molar-refractivity contribution in [2.24, 2.45) is 0 Å². The molecular formula is C21H29NO3. The maximum atomic E-state index is 12.4. The molecule has 0 N–H and O–H groups in total. The topological polar surface area (TPSA) is 38.8 Å². The van der Waals surface area contributed by atoms with E-state index in [2.05, 4.69) is 18.2 Å². The van der Waals surface area contributed by atoms with E-state index in [4.69, 9.17) is 9.47 Å². The van der Waals surface area contributed by atoms with Gasteiger partial charge in [-0.05, 0) is 56.2 Å². The summed E-state index contributed by atoms with van der Waals surface area (Å²) >= 11 is 0. The largest absolute Gasteiger partial charge is 0.444 e. The van der Waals surface area contributed by atoms with Gasteiger partial charge < -0.3 is 14.4 Å². The Balaban J connectivity index is 1.56. The highest BCUT2D eigenvalue weighted by atomic mass is 16.6. The molecule has 4 rings (SSSR count). The molecule has 1 aliphatic carbocycles. The van der Waals surface area contributed by atoms with E-state index in [1.54, 1.807) is 0 Å². The predicted octanol–water partition coefficient (Wildman–Crippen LogP) is 4.58. The summed E-state index contributed by atoms with van der Waals surface area (Å²) < 4.78 is 11.7. The van der Waals surface area contributed by atoms with Crippen LogP contribution in [0.3, 0.4) is 0 Å². The molecule has 4 nitrogen and oxygen atoms in total. The number of ether oxygens (including phenoxy) is 2. The van der Waals surface area contributed by atoms with Crippen LogP contribution < -0.4 is 0 Å². The Labute approximate surface area is 150 Å². The molecule has 1 saturated carbocycles. The lowest BCUT2D eigenvalue weighted by Gasteiger charge is -2.30. The van der Waals surface area contributed by atoms with Crippen molar-refractivity contribution >= 4 is 6.09 Å². The molecule has 0 bridgehead atoms. The van der Waals surface area contributed by atoms with Gasteiger partial charge in [0.15, 0.2) is 0 Å². The quantitative estimate of drug-likeness (QED) is 0.749. The molecule has 0 spiro atoms. The van der Waals surface area contributed by atoms with Crippen LogP contribution in [0.15, 0.2) is 18.2 Å². The first-order chi connectivity index (χ1) is 11.9. The number of benzene rings is 1. The summed E-state index contributed by atoms with van der Waals surface area (Å²) in [4.78, 5) is 14.3. The van der Waals surface area contributed by atoms with Gasteiger partial charge in [-0.25, -0.2) is 4.79 Å². The monoisotopic (exact) mass is 343 g/mol. The molecule has 1 saturated heterocycles. The summed E-state index contributed by atoms with van der Waals surface area (Å²) in [6, 6.07) is 6.73. The number of likely N-dealkylation sites (tertiary alicyclic amines) is 1. The van der Waals surface area contributed by atoms with Gasteiger partial charge in [-0.1, -0.05) is 31.0 Å². The molecule has 25 heavy (non-hydrogen) atoms. The minimum Gasteiger partial charge on any atom is -0.444 e. The van der Waals surface area contributed by atoms with Gasteiger partial charge in [0.25, 0.3) is 0 Å². The van der Waals surface area contributed by atoms with E-state index in [1.807, 2.05) is 25.7 Å². The molecule has 2 unspecified atom stereocenters. The van der Waals surface area contributed by atoms with E-state index < -0.39 is 5.60 Å². The van der Waals surface area contributed by atoms with E-state index in [0.717, 1.165) is 0 Å². The van der Waals surface area contributed by atoms with Gasteiger partial charge in [-0.2, -0.15) is 0 Å². The SMILES string of the molecule is CC(C)(C)OC(=O)N1CC2OCc3c(C4CCCC4)cccc3C2C1. The zero-order valence-corrected chi connectivity index (χ0v) is 15.6. The molecule has 136 valence electrons. The van der Waals surface area contributed by atoms with Gasteiger partial charge in [0.2, 0.25) is 0 Å². The van der Waals surface area contributed by atoms with Crippen molar-refractivity contribution in [1.82, 2.24) is 4.90 Å². The van der Waals surface area contributed by atoms with E-state index in [1.165, 1.54) is 42.4 Å². The standard InChI is InChI=1S/C21H29NO3/c1-21(2,3)25-20(23)22-11-17-16-10-6-9-15(14-7-4-5-8-14)18(16)13-24-19(17)12-22/h6,9-10,14,17,19H,4-5,7-8,11-13H2,1-3H3. The Hall–Kier alpha value is -1.55. The van der Waals surface area contributed by atoms with Crippen LogP contribution in [0.2, 0.25) is 0 Å². The lowest BCUT2D eigenvalue weighted by molar-refractivity contribution is 0.0123. The summed E-state index contributed by atoms with van der Waals surface area (Å²) in [5.74, 6) is 0.969. The number of fused-ring (bicyclic) bond motifs is 3. The third-order valence-electron chi connectivity index (χ3n) is 5.80. The summed E-state index contributed by atoms with van der Waals surface area (Å²) in [7, 11) is 0. The Kier molecular flexibility index (Phi) is 4.27. The van der Waals surface area contributed by atoms with Crippen molar-refractivity contribution in [1.29, 1.82) is 0 Å². The van der Waals surface area contributed by atoms with Crippen LogP contribution in [0.4, 0.5) is 4.79 Å². The van der Waals surface area contributed by atoms with Crippen LogP contribution in [0, 0.1) is 0 Å². The number of nitrogens with zero attached hydrogens (tertiary/aromatic N) is 1. The minimum absolute atomic E-state index is 0.0962. The Morgan fingerprint density at radius 1 is 1.16 bits per heavy atom. The number of carbonyl (C=O) groups is 1. The minimum atomic E-state index is -0.459. The molecule has 3 aliphatic rings. The third kappa shape index (κ3) is 3.29. The van der Waals surface area contributed by atoms with Crippen molar-refractivity contribution in [3.63, 3.8) is 0 Å². The third-order valence-corrected chi connectivity index (χ3v) is 5.80. The Morgan fingerprint density at radius 3 is 2.60 bits per heavy atom. The normalized spacial score (nSPS) is 26.4. The molecule has 2 fully saturated rings. The first kappa shape index (κ1) is 16.9. The molecule has 2 heterocycles. The summed E-state index contributed by atoms with van der Waals surface area (Å²) in [6.45, 7) is 7.74. The van der Waals surface area contributed by atoms with Crippen molar-refractivity contribution < 1.29 is 14.3 Å². The second kappa shape index (κ2) is 6.31. The molecule has 2 aliphatic heterocycles. The zero-order valence-electron chi connectivity index (χ0n) is 15.6. The molecule has 1 aromatic carbocycles. The maximum Gasteiger partial charge on any atom is 0.410 e. The average molecular weight is 343 g/mol. The van der Waals surface area contributed by atoms with Crippen molar-refractivity contribution in [3.8, 4) is 0 Å². The smallest absolute Gasteiger partial charge is 0.410 e. The maximum absolute atomic E-state index is 12.4. The van der Waals surface area contributed by atoms with Crippen LogP contribution in [0.5, 0.6) is 0 Å². The van der Waals surface area contributed by atoms with E-state index >= 15 is 0 Å². The second-order valence-corrected chi connectivity index (χ2v) is 8.74.